The van der Waals surface area contributed by atoms with Gasteiger partial charge in [0.15, 0.2) is 5.43 Å². The topological polar surface area (TPSA) is 62.5 Å². The molecule has 0 amide bonds. The summed E-state index contributed by atoms with van der Waals surface area (Å²) in [4.78, 5) is 12.7. The number of rotatable bonds is 3. The summed E-state index contributed by atoms with van der Waals surface area (Å²) >= 11 is 0. The third kappa shape index (κ3) is 2.82. The van der Waals surface area contributed by atoms with Gasteiger partial charge in [-0.25, -0.2) is 0 Å². The van der Waals surface area contributed by atoms with Crippen LogP contribution < -0.4 is 5.43 Å². The molecule has 0 bridgehead atoms. The first-order valence-electron chi connectivity index (χ1n) is 8.32. The van der Waals surface area contributed by atoms with Gasteiger partial charge in [0.2, 0.25) is 0 Å². The van der Waals surface area contributed by atoms with Crippen LogP contribution in [0, 0.1) is 0 Å². The lowest BCUT2D eigenvalue weighted by atomic mass is 10.1. The van der Waals surface area contributed by atoms with Gasteiger partial charge in [0.05, 0.1) is 16.6 Å². The predicted molar refractivity (Wildman–Crippen MR) is 103 cm³/mol. The van der Waals surface area contributed by atoms with E-state index in [1.807, 2.05) is 65.2 Å². The van der Waals surface area contributed by atoms with Gasteiger partial charge in [-0.05, 0) is 11.1 Å². The van der Waals surface area contributed by atoms with Gasteiger partial charge in [-0.1, -0.05) is 60.7 Å². The zero-order chi connectivity index (χ0) is 18.1. The van der Waals surface area contributed by atoms with Crippen LogP contribution in [0.2, 0.25) is 0 Å². The zero-order valence-electron chi connectivity index (χ0n) is 14.0. The fourth-order valence-corrected chi connectivity index (χ4v) is 3.25. The number of pyridine rings is 1. The molecule has 0 aliphatic heterocycles. The van der Waals surface area contributed by atoms with Crippen LogP contribution >= 0.6 is 0 Å². The van der Waals surface area contributed by atoms with Crippen LogP contribution in [0.3, 0.4) is 0 Å². The molecular formula is C22H17NO3. The first-order valence-corrected chi connectivity index (χ1v) is 8.32. The number of fused-ring (bicyclic) bond motifs is 1. The molecule has 1 aromatic heterocycles. The van der Waals surface area contributed by atoms with Gasteiger partial charge in [0.1, 0.15) is 11.5 Å². The molecule has 0 fully saturated rings. The Bertz CT molecular complexity index is 1130. The second-order valence-electron chi connectivity index (χ2n) is 6.19. The fourth-order valence-electron chi connectivity index (χ4n) is 3.25. The number of aromatic nitrogens is 1. The molecule has 3 aromatic carbocycles. The second-order valence-corrected chi connectivity index (χ2v) is 6.19. The largest absolute Gasteiger partial charge is 0.508 e. The summed E-state index contributed by atoms with van der Waals surface area (Å²) in [6.45, 7) is 0.505. The summed E-state index contributed by atoms with van der Waals surface area (Å²) in [6.07, 6.45) is 0. The summed E-state index contributed by atoms with van der Waals surface area (Å²) in [5.74, 6) is -0.298. The van der Waals surface area contributed by atoms with E-state index < -0.39 is 0 Å². The van der Waals surface area contributed by atoms with Crippen molar-refractivity contribution in [3.63, 3.8) is 0 Å². The molecule has 0 saturated heterocycles. The lowest BCUT2D eigenvalue weighted by Gasteiger charge is -2.18. The van der Waals surface area contributed by atoms with E-state index in [1.54, 1.807) is 0 Å². The van der Waals surface area contributed by atoms with E-state index in [0.717, 1.165) is 16.8 Å². The predicted octanol–water partition coefficient (Wildman–Crippen LogP) is 4.13. The Labute approximate surface area is 150 Å². The Balaban J connectivity index is 2.07. The molecule has 0 unspecified atom stereocenters. The number of nitrogens with zero attached hydrogens (tertiary/aromatic N) is 1. The highest BCUT2D eigenvalue weighted by molar-refractivity contribution is 5.89. The van der Waals surface area contributed by atoms with Crippen LogP contribution in [-0.4, -0.2) is 14.8 Å². The fraction of sp³-hybridized carbons (Fsp3) is 0.0455. The SMILES string of the molecule is O=c1cc(-c2ccccc2)n(Cc2ccccc2)c2cc(O)cc(O)c12. The first kappa shape index (κ1) is 16.0. The Kier molecular flexibility index (Phi) is 3.93. The van der Waals surface area contributed by atoms with E-state index in [1.165, 1.54) is 18.2 Å². The molecule has 4 nitrogen and oxygen atoms in total. The Morgan fingerprint density at radius 1 is 0.808 bits per heavy atom. The minimum absolute atomic E-state index is 0.0820. The molecule has 0 aliphatic carbocycles. The van der Waals surface area contributed by atoms with Crippen LogP contribution in [0.25, 0.3) is 22.2 Å². The monoisotopic (exact) mass is 343 g/mol. The van der Waals surface area contributed by atoms with Crippen molar-refractivity contribution in [3.8, 4) is 22.8 Å². The minimum Gasteiger partial charge on any atom is -0.508 e. The van der Waals surface area contributed by atoms with Crippen molar-refractivity contribution in [3.05, 3.63) is 94.6 Å². The third-order valence-corrected chi connectivity index (χ3v) is 4.43. The smallest absolute Gasteiger partial charge is 0.193 e. The highest BCUT2D eigenvalue weighted by Gasteiger charge is 2.15. The third-order valence-electron chi connectivity index (χ3n) is 4.43. The normalized spacial score (nSPS) is 10.9. The first-order chi connectivity index (χ1) is 12.6. The maximum Gasteiger partial charge on any atom is 0.193 e. The molecule has 0 atom stereocenters. The number of hydrogen-bond donors (Lipinski definition) is 2. The van der Waals surface area contributed by atoms with Crippen molar-refractivity contribution in [2.24, 2.45) is 0 Å². The minimum atomic E-state index is -0.277. The van der Waals surface area contributed by atoms with Gasteiger partial charge in [-0.15, -0.1) is 0 Å². The van der Waals surface area contributed by atoms with Crippen molar-refractivity contribution in [2.75, 3.05) is 0 Å². The van der Waals surface area contributed by atoms with E-state index in [-0.39, 0.29) is 22.3 Å². The molecule has 2 N–H and O–H groups in total. The highest BCUT2D eigenvalue weighted by Crippen LogP contribution is 2.31. The zero-order valence-corrected chi connectivity index (χ0v) is 14.0. The number of hydrogen-bond acceptors (Lipinski definition) is 3. The lowest BCUT2D eigenvalue weighted by molar-refractivity contribution is 0.454. The molecule has 4 rings (SSSR count). The molecule has 4 heteroatoms. The van der Waals surface area contributed by atoms with Gasteiger partial charge >= 0.3 is 0 Å². The quantitative estimate of drug-likeness (QED) is 0.588. The van der Waals surface area contributed by atoms with E-state index in [4.69, 9.17) is 0 Å². The van der Waals surface area contributed by atoms with Crippen LogP contribution in [0.4, 0.5) is 0 Å². The van der Waals surface area contributed by atoms with Crippen molar-refractivity contribution >= 4 is 10.9 Å². The van der Waals surface area contributed by atoms with Gasteiger partial charge in [-0.3, -0.25) is 4.79 Å². The molecular weight excluding hydrogens is 326 g/mol. The van der Waals surface area contributed by atoms with E-state index in [2.05, 4.69) is 0 Å². The molecule has 0 aliphatic rings. The molecule has 26 heavy (non-hydrogen) atoms. The van der Waals surface area contributed by atoms with Crippen LogP contribution in [0.1, 0.15) is 5.56 Å². The molecule has 1 heterocycles. The van der Waals surface area contributed by atoms with Crippen LogP contribution in [0.15, 0.2) is 83.7 Å². The van der Waals surface area contributed by atoms with Crippen molar-refractivity contribution in [2.45, 2.75) is 6.54 Å². The van der Waals surface area contributed by atoms with Crippen molar-refractivity contribution in [1.29, 1.82) is 0 Å². The van der Waals surface area contributed by atoms with Crippen LogP contribution in [0.5, 0.6) is 11.5 Å². The maximum atomic E-state index is 12.7. The van der Waals surface area contributed by atoms with Crippen LogP contribution in [-0.2, 0) is 6.54 Å². The lowest BCUT2D eigenvalue weighted by Crippen LogP contribution is -2.13. The molecule has 128 valence electrons. The van der Waals surface area contributed by atoms with Gasteiger partial charge in [-0.2, -0.15) is 0 Å². The summed E-state index contributed by atoms with van der Waals surface area (Å²) < 4.78 is 1.95. The van der Waals surface area contributed by atoms with Gasteiger partial charge < -0.3 is 14.8 Å². The second kappa shape index (κ2) is 6.41. The highest BCUT2D eigenvalue weighted by atomic mass is 16.3. The van der Waals surface area contributed by atoms with E-state index >= 15 is 0 Å². The number of phenols is 2. The van der Waals surface area contributed by atoms with Gasteiger partial charge in [0.25, 0.3) is 0 Å². The van der Waals surface area contributed by atoms with Crippen molar-refractivity contribution in [1.82, 2.24) is 4.57 Å². The number of aromatic hydroxyl groups is 2. The average molecular weight is 343 g/mol. The van der Waals surface area contributed by atoms with Gasteiger partial charge in [0, 0.05) is 24.7 Å². The number of phenolic OH excluding ortho intramolecular Hbond substituents is 2. The summed E-state index contributed by atoms with van der Waals surface area (Å²) in [7, 11) is 0. The summed E-state index contributed by atoms with van der Waals surface area (Å²) in [5.41, 5.74) is 2.90. The molecule has 0 spiro atoms. The Hall–Kier alpha value is -3.53. The molecule has 4 aromatic rings. The van der Waals surface area contributed by atoms with Crippen molar-refractivity contribution < 1.29 is 10.2 Å². The van der Waals surface area contributed by atoms with E-state index in [0.29, 0.717) is 12.1 Å². The molecule has 0 saturated carbocycles. The Morgan fingerprint density at radius 2 is 1.46 bits per heavy atom. The maximum absolute atomic E-state index is 12.7. The summed E-state index contributed by atoms with van der Waals surface area (Å²) in [5, 5.41) is 20.4. The van der Waals surface area contributed by atoms with E-state index in [9.17, 15) is 15.0 Å². The Morgan fingerprint density at radius 3 is 2.15 bits per heavy atom. The standard InChI is InChI=1S/C22H17NO3/c24-17-11-19-22(20(25)12-17)21(26)13-18(16-9-5-2-6-10-16)23(19)14-15-7-3-1-4-8-15/h1-13,24-25H,14H2. The molecule has 0 radical (unpaired) electrons. The summed E-state index contributed by atoms with van der Waals surface area (Å²) in [6, 6.07) is 23.7. The average Bonchev–Trinajstić information content (AvgIpc) is 2.65. The number of benzene rings is 3.